The van der Waals surface area contributed by atoms with Gasteiger partial charge < -0.3 is 15.0 Å². The van der Waals surface area contributed by atoms with E-state index in [9.17, 15) is 33.5 Å². The van der Waals surface area contributed by atoms with Crippen molar-refractivity contribution in [1.29, 1.82) is 5.26 Å². The molecule has 0 aliphatic rings. The number of rotatable bonds is 12. The predicted molar refractivity (Wildman–Crippen MR) is 147 cm³/mol. The summed E-state index contributed by atoms with van der Waals surface area (Å²) in [4.78, 5) is 24.1. The van der Waals surface area contributed by atoms with Crippen molar-refractivity contribution in [2.45, 2.75) is 57.9 Å². The molecule has 1 unspecified atom stereocenters. The van der Waals surface area contributed by atoms with E-state index >= 15 is 0 Å². The first kappa shape index (κ1) is 34.3. The minimum absolute atomic E-state index is 0. The summed E-state index contributed by atoms with van der Waals surface area (Å²) in [5.74, 6) is -1.63. The summed E-state index contributed by atoms with van der Waals surface area (Å²) in [5, 5.41) is 39.3. The Morgan fingerprint density at radius 3 is 2.29 bits per heavy atom. The van der Waals surface area contributed by atoms with Crippen molar-refractivity contribution in [3.05, 3.63) is 75.6 Å². The maximum absolute atomic E-state index is 13.3. The summed E-state index contributed by atoms with van der Waals surface area (Å²) >= 11 is 0. The number of carboxylic acid groups (broad SMARTS) is 1. The van der Waals surface area contributed by atoms with E-state index in [4.69, 9.17) is 0 Å². The second-order valence-electron chi connectivity index (χ2n) is 9.28. The minimum atomic E-state index is -3.99. The van der Waals surface area contributed by atoms with Crippen LogP contribution in [0.25, 0.3) is 0 Å². The second kappa shape index (κ2) is 15.4. The molecule has 0 fully saturated rings. The van der Waals surface area contributed by atoms with Gasteiger partial charge >= 0.3 is 51.4 Å². The van der Waals surface area contributed by atoms with E-state index in [1.54, 1.807) is 0 Å². The van der Waals surface area contributed by atoms with E-state index in [1.165, 1.54) is 60.0 Å². The van der Waals surface area contributed by atoms with Crippen LogP contribution in [0.1, 0.15) is 61.0 Å². The average molecular weight is 604 g/mol. The number of nitriles is 1. The molecule has 0 saturated heterocycles. The zero-order valence-electron chi connectivity index (χ0n) is 23.4. The quantitative estimate of drug-likeness (QED) is 0.233. The van der Waals surface area contributed by atoms with Crippen LogP contribution in [0.3, 0.4) is 0 Å². The molecule has 0 bridgehead atoms. The molecule has 2 N–H and O–H groups in total. The first-order valence-electron chi connectivity index (χ1n) is 12.7. The number of nitrogens with one attached hydrogen (secondary N) is 1. The number of sulfonamides is 1. The number of pyridine rings is 1. The van der Waals surface area contributed by atoms with Crippen LogP contribution in [-0.2, 0) is 16.6 Å². The van der Waals surface area contributed by atoms with Gasteiger partial charge in [-0.3, -0.25) is 14.1 Å². The SMILES string of the molecule is CCCCC(CC)Cn1c(O)c(C#N)c(C)c(N=Nc2ccc(S(=O)(=O)Nc3ccc(C(=O)[O-])cc3)cc2)c1=O.[K+]. The van der Waals surface area contributed by atoms with Crippen LogP contribution in [0.5, 0.6) is 5.88 Å². The number of hydrogen-bond acceptors (Lipinski definition) is 9. The van der Waals surface area contributed by atoms with Gasteiger partial charge in [-0.1, -0.05) is 45.2 Å². The predicted octanol–water partition coefficient (Wildman–Crippen LogP) is 1.53. The normalized spacial score (nSPS) is 12.0. The molecular weight excluding hydrogens is 574 g/mol. The Morgan fingerprint density at radius 2 is 1.76 bits per heavy atom. The molecule has 41 heavy (non-hydrogen) atoms. The molecule has 1 atom stereocenters. The number of carbonyl (C=O) groups excluding carboxylic acids is 1. The second-order valence-corrected chi connectivity index (χ2v) is 11.0. The number of benzene rings is 2. The molecule has 3 rings (SSSR count). The topological polar surface area (TPSA) is 177 Å². The Balaban J connectivity index is 0.00000588. The van der Waals surface area contributed by atoms with Crippen molar-refractivity contribution in [3.63, 3.8) is 0 Å². The molecule has 0 aliphatic carbocycles. The van der Waals surface area contributed by atoms with Gasteiger partial charge in [0, 0.05) is 17.8 Å². The molecule has 0 amide bonds. The van der Waals surface area contributed by atoms with Gasteiger partial charge in [0.25, 0.3) is 15.6 Å². The molecule has 1 heterocycles. The monoisotopic (exact) mass is 603 g/mol. The number of azo groups is 1. The Hall–Kier alpha value is -2.86. The Morgan fingerprint density at radius 1 is 1.12 bits per heavy atom. The number of aromatic carboxylic acids is 1. The molecule has 13 heteroatoms. The maximum Gasteiger partial charge on any atom is 1.00 e. The van der Waals surface area contributed by atoms with Crippen molar-refractivity contribution in [2.75, 3.05) is 4.72 Å². The third-order valence-corrected chi connectivity index (χ3v) is 7.94. The van der Waals surface area contributed by atoms with E-state index in [0.717, 1.165) is 25.7 Å². The van der Waals surface area contributed by atoms with Crippen molar-refractivity contribution in [1.82, 2.24) is 4.57 Å². The van der Waals surface area contributed by atoms with Crippen molar-refractivity contribution in [2.24, 2.45) is 16.1 Å². The van der Waals surface area contributed by atoms with Crippen molar-refractivity contribution < 1.29 is 74.8 Å². The van der Waals surface area contributed by atoms with E-state index in [2.05, 4.69) is 21.9 Å². The molecule has 1 aromatic heterocycles. The van der Waals surface area contributed by atoms with Gasteiger partial charge in [0.1, 0.15) is 11.6 Å². The molecule has 0 radical (unpaired) electrons. The van der Waals surface area contributed by atoms with Crippen molar-refractivity contribution >= 4 is 33.1 Å². The fourth-order valence-electron chi connectivity index (χ4n) is 4.09. The molecular formula is C28H30KN5O6S. The number of unbranched alkanes of at least 4 members (excludes halogenated alkanes) is 1. The van der Waals surface area contributed by atoms with Crippen LogP contribution >= 0.6 is 0 Å². The number of anilines is 1. The van der Waals surface area contributed by atoms with E-state index in [0.29, 0.717) is 0 Å². The summed E-state index contributed by atoms with van der Waals surface area (Å²) in [6.07, 6.45) is 3.66. The fraction of sp³-hybridized carbons (Fsp3) is 0.321. The van der Waals surface area contributed by atoms with E-state index < -0.39 is 27.4 Å². The maximum atomic E-state index is 13.3. The summed E-state index contributed by atoms with van der Waals surface area (Å²) in [7, 11) is -3.99. The number of nitrogens with zero attached hydrogens (tertiary/aromatic N) is 4. The zero-order chi connectivity index (χ0) is 29.4. The molecule has 3 aromatic rings. The number of carboxylic acids is 1. The van der Waals surface area contributed by atoms with Crippen molar-refractivity contribution in [3.8, 4) is 11.9 Å². The molecule has 0 spiro atoms. The van der Waals surface area contributed by atoms with Gasteiger partial charge in [0.15, 0.2) is 5.69 Å². The average Bonchev–Trinajstić information content (AvgIpc) is 2.93. The largest absolute Gasteiger partial charge is 1.00 e. The molecule has 11 nitrogen and oxygen atoms in total. The van der Waals surface area contributed by atoms with Crippen LogP contribution in [0, 0.1) is 24.2 Å². The summed E-state index contributed by atoms with van der Waals surface area (Å²) < 4.78 is 29.0. The number of hydrogen-bond donors (Lipinski definition) is 2. The number of aromatic hydroxyl groups is 1. The summed E-state index contributed by atoms with van der Waals surface area (Å²) in [6.45, 7) is 5.84. The third kappa shape index (κ3) is 8.57. The van der Waals surface area contributed by atoms with Crippen LogP contribution in [0.15, 0.2) is 68.4 Å². The fourth-order valence-corrected chi connectivity index (χ4v) is 5.15. The van der Waals surface area contributed by atoms with Gasteiger partial charge in [-0.2, -0.15) is 10.4 Å². The van der Waals surface area contributed by atoms with Gasteiger partial charge in [-0.25, -0.2) is 8.42 Å². The minimum Gasteiger partial charge on any atom is -0.545 e. The van der Waals surface area contributed by atoms with Crippen LogP contribution in [0.2, 0.25) is 0 Å². The first-order chi connectivity index (χ1) is 19.0. The number of aromatic nitrogens is 1. The summed E-state index contributed by atoms with van der Waals surface area (Å²) in [5.41, 5.74) is -0.181. The first-order valence-corrected chi connectivity index (χ1v) is 14.2. The van der Waals surface area contributed by atoms with Crippen LogP contribution in [-0.4, -0.2) is 24.1 Å². The Bertz CT molecular complexity index is 1610. The number of carbonyl (C=O) groups is 1. The smallest absolute Gasteiger partial charge is 0.545 e. The Kier molecular flexibility index (Phi) is 12.9. The van der Waals surface area contributed by atoms with E-state index in [-0.39, 0.29) is 102 Å². The molecule has 210 valence electrons. The standard InChI is InChI=1S/C28H31N5O6S.K/c1-4-6-7-19(5-2)17-33-26(34)24(16-29)18(3)25(27(33)35)31-30-21-12-14-23(15-13-21)40(38,39)32-22-10-8-20(9-11-22)28(36)37;/h8-15,19,32,34H,4-7,17H2,1-3H3,(H,36,37);/q;+1/p-1. The van der Waals surface area contributed by atoms with Gasteiger partial charge in [-0.15, -0.1) is 5.11 Å². The molecule has 0 saturated carbocycles. The zero-order valence-corrected chi connectivity index (χ0v) is 27.4. The third-order valence-electron chi connectivity index (χ3n) is 6.54. The van der Waals surface area contributed by atoms with Gasteiger partial charge in [-0.05, 0) is 61.2 Å². The summed E-state index contributed by atoms with van der Waals surface area (Å²) in [6, 6.07) is 12.4. The Labute approximate surface area is 281 Å². The van der Waals surface area contributed by atoms with E-state index in [1.807, 2.05) is 13.0 Å². The van der Waals surface area contributed by atoms with Crippen LogP contribution in [0.4, 0.5) is 17.1 Å². The van der Waals surface area contributed by atoms with Gasteiger partial charge in [0.05, 0.1) is 16.6 Å². The molecule has 2 aromatic carbocycles. The van der Waals surface area contributed by atoms with Gasteiger partial charge in [0.2, 0.25) is 5.88 Å². The van der Waals surface area contributed by atoms with Crippen LogP contribution < -0.4 is 66.8 Å². The molecule has 0 aliphatic heterocycles.